The number of esters is 2. The summed E-state index contributed by atoms with van der Waals surface area (Å²) in [6, 6.07) is 17.1. The van der Waals surface area contributed by atoms with Crippen LogP contribution >= 0.6 is 0 Å². The molecule has 2 aromatic rings. The number of methoxy groups -OCH3 is 1. The van der Waals surface area contributed by atoms with Gasteiger partial charge >= 0.3 is 11.9 Å². The summed E-state index contributed by atoms with van der Waals surface area (Å²) in [7, 11) is 1.29. The van der Waals surface area contributed by atoms with Crippen molar-refractivity contribution in [2.45, 2.75) is 64.6 Å². The predicted octanol–water partition coefficient (Wildman–Crippen LogP) is 3.76. The molecule has 0 saturated carbocycles. The minimum absolute atomic E-state index is 0.0230. The van der Waals surface area contributed by atoms with Gasteiger partial charge in [-0.25, -0.2) is 0 Å². The first-order valence-electron chi connectivity index (χ1n) is 11.8. The molecule has 0 heterocycles. The Morgan fingerprint density at radius 3 is 2.06 bits per heavy atom. The number of benzene rings is 2. The Bertz CT molecular complexity index is 972. The maximum atomic E-state index is 13.7. The van der Waals surface area contributed by atoms with Crippen LogP contribution < -0.4 is 11.1 Å². The summed E-state index contributed by atoms with van der Waals surface area (Å²) in [6.45, 7) is 8.53. The molecule has 0 fully saturated rings. The number of carbonyl (C=O) groups is 3. The van der Waals surface area contributed by atoms with Crippen LogP contribution in [0.4, 0.5) is 0 Å². The van der Waals surface area contributed by atoms with Gasteiger partial charge in [-0.1, -0.05) is 81.4 Å². The largest absolute Gasteiger partial charge is 0.468 e. The Morgan fingerprint density at radius 2 is 1.51 bits per heavy atom. The summed E-state index contributed by atoms with van der Waals surface area (Å²) in [5.41, 5.74) is 6.32. The van der Waals surface area contributed by atoms with Crippen LogP contribution in [-0.2, 0) is 30.5 Å². The van der Waals surface area contributed by atoms with Gasteiger partial charge in [-0.3, -0.25) is 14.4 Å². The number of carbonyl (C=O) groups excluding carboxylic acids is 3. The summed E-state index contributed by atoms with van der Waals surface area (Å²) >= 11 is 0. The van der Waals surface area contributed by atoms with Gasteiger partial charge < -0.3 is 20.5 Å². The zero-order chi connectivity index (χ0) is 26.1. The second kappa shape index (κ2) is 12.6. The van der Waals surface area contributed by atoms with Crippen molar-refractivity contribution in [2.24, 2.45) is 11.1 Å². The third kappa shape index (κ3) is 8.30. The first kappa shape index (κ1) is 28.2. The molecule has 0 saturated heterocycles. The van der Waals surface area contributed by atoms with E-state index in [0.29, 0.717) is 12.1 Å². The number of nitrogens with one attached hydrogen (secondary N) is 1. The highest BCUT2D eigenvalue weighted by Gasteiger charge is 2.48. The molecule has 3 atom stereocenters. The number of hydrogen-bond acceptors (Lipinski definition) is 7. The van der Waals surface area contributed by atoms with Crippen LogP contribution in [0.2, 0.25) is 0 Å². The molecule has 0 aromatic heterocycles. The molecule has 0 bridgehead atoms. The Labute approximate surface area is 208 Å². The van der Waals surface area contributed by atoms with Gasteiger partial charge in [0.25, 0.3) is 0 Å². The summed E-state index contributed by atoms with van der Waals surface area (Å²) in [4.78, 5) is 39.2. The van der Waals surface area contributed by atoms with Crippen LogP contribution in [-0.4, -0.2) is 43.0 Å². The van der Waals surface area contributed by atoms with Gasteiger partial charge in [0.2, 0.25) is 0 Å². The van der Waals surface area contributed by atoms with Gasteiger partial charge in [0.15, 0.2) is 5.78 Å². The number of hydrogen-bond donors (Lipinski definition) is 2. The third-order valence-corrected chi connectivity index (χ3v) is 5.97. The van der Waals surface area contributed by atoms with Gasteiger partial charge in [0, 0.05) is 0 Å². The van der Waals surface area contributed by atoms with Crippen LogP contribution in [0, 0.1) is 5.41 Å². The van der Waals surface area contributed by atoms with Crippen molar-refractivity contribution in [3.8, 4) is 0 Å². The molecule has 190 valence electrons. The third-order valence-electron chi connectivity index (χ3n) is 5.97. The highest BCUT2D eigenvalue weighted by atomic mass is 16.5. The maximum absolute atomic E-state index is 13.7. The number of ketones is 1. The first-order valence-corrected chi connectivity index (χ1v) is 11.8. The molecule has 7 heteroatoms. The predicted molar refractivity (Wildman–Crippen MR) is 136 cm³/mol. The van der Waals surface area contributed by atoms with E-state index in [2.05, 4.69) is 26.1 Å². The Balaban J connectivity index is 2.26. The average molecular weight is 483 g/mol. The number of Topliss-reactive ketones (excluding diaryl/α,β-unsaturated/α-hetero) is 1. The van der Waals surface area contributed by atoms with Gasteiger partial charge in [-0.15, -0.1) is 0 Å². The van der Waals surface area contributed by atoms with Crippen molar-refractivity contribution >= 4 is 17.7 Å². The van der Waals surface area contributed by atoms with E-state index in [1.807, 2.05) is 36.4 Å². The molecule has 0 radical (unpaired) electrons. The lowest BCUT2D eigenvalue weighted by Crippen LogP contribution is -2.59. The van der Waals surface area contributed by atoms with E-state index in [1.54, 1.807) is 31.2 Å². The molecule has 0 aliphatic heterocycles. The van der Waals surface area contributed by atoms with Crippen LogP contribution in [0.15, 0.2) is 60.7 Å². The summed E-state index contributed by atoms with van der Waals surface area (Å²) in [5.74, 6) is -2.56. The quantitative estimate of drug-likeness (QED) is 0.444. The van der Waals surface area contributed by atoms with Gasteiger partial charge in [-0.05, 0) is 36.4 Å². The molecular weight excluding hydrogens is 444 g/mol. The van der Waals surface area contributed by atoms with Crippen LogP contribution in [0.1, 0.15) is 57.6 Å². The second-order valence-corrected chi connectivity index (χ2v) is 10.1. The molecular formula is C28H38N2O5. The smallest absolute Gasteiger partial charge is 0.326 e. The molecule has 0 aliphatic rings. The molecule has 1 unspecified atom stereocenters. The highest BCUT2D eigenvalue weighted by molar-refractivity contribution is 5.99. The van der Waals surface area contributed by atoms with E-state index in [1.165, 1.54) is 7.11 Å². The maximum Gasteiger partial charge on any atom is 0.326 e. The van der Waals surface area contributed by atoms with E-state index in [9.17, 15) is 14.4 Å². The van der Waals surface area contributed by atoms with E-state index in [4.69, 9.17) is 15.2 Å². The minimum Gasteiger partial charge on any atom is -0.468 e. The van der Waals surface area contributed by atoms with Crippen molar-refractivity contribution < 1.29 is 23.9 Å². The normalized spacial score (nSPS) is 14.9. The molecule has 0 spiro atoms. The number of nitrogens with two attached hydrogens (primary N) is 1. The molecule has 35 heavy (non-hydrogen) atoms. The van der Waals surface area contributed by atoms with Crippen LogP contribution in [0.25, 0.3) is 0 Å². The fourth-order valence-corrected chi connectivity index (χ4v) is 3.92. The van der Waals surface area contributed by atoms with E-state index < -0.39 is 35.2 Å². The topological polar surface area (TPSA) is 108 Å². The minimum atomic E-state index is -1.38. The van der Waals surface area contributed by atoms with Crippen LogP contribution in [0.3, 0.4) is 0 Å². The van der Waals surface area contributed by atoms with Crippen molar-refractivity contribution in [1.82, 2.24) is 5.32 Å². The molecule has 0 amide bonds. The summed E-state index contributed by atoms with van der Waals surface area (Å²) < 4.78 is 10.4. The number of ether oxygens (including phenoxy) is 2. The highest BCUT2D eigenvalue weighted by Crippen LogP contribution is 2.32. The summed E-state index contributed by atoms with van der Waals surface area (Å²) in [5, 5.41) is 3.27. The van der Waals surface area contributed by atoms with Crippen molar-refractivity contribution in [3.05, 3.63) is 71.8 Å². The monoisotopic (exact) mass is 482 g/mol. The zero-order valence-corrected chi connectivity index (χ0v) is 21.4. The lowest BCUT2D eigenvalue weighted by molar-refractivity contribution is -0.151. The zero-order valence-electron chi connectivity index (χ0n) is 21.4. The Kier molecular flexibility index (Phi) is 10.2. The fourth-order valence-electron chi connectivity index (χ4n) is 3.92. The van der Waals surface area contributed by atoms with Crippen molar-refractivity contribution in [1.29, 1.82) is 0 Å². The van der Waals surface area contributed by atoms with Gasteiger partial charge in [-0.2, -0.15) is 0 Å². The Hall–Kier alpha value is -3.03. The first-order chi connectivity index (χ1) is 16.5. The van der Waals surface area contributed by atoms with E-state index in [-0.39, 0.29) is 18.4 Å². The summed E-state index contributed by atoms with van der Waals surface area (Å²) in [6.07, 6.45) is 0.474. The Morgan fingerprint density at radius 1 is 0.943 bits per heavy atom. The van der Waals surface area contributed by atoms with E-state index >= 15 is 0 Å². The lowest BCUT2D eigenvalue weighted by Gasteiger charge is -2.37. The number of rotatable bonds is 12. The SMILES string of the molecule is COC(=O)[C@@](C)(NCCC(C)(C)C)C(C(=O)[C@@H](N)CC(=O)OCc1ccccc1)c1ccccc1. The second-order valence-electron chi connectivity index (χ2n) is 10.1. The van der Waals surface area contributed by atoms with E-state index in [0.717, 1.165) is 12.0 Å². The average Bonchev–Trinajstić information content (AvgIpc) is 2.82. The fraction of sp³-hybridized carbons (Fsp3) is 0.464. The lowest BCUT2D eigenvalue weighted by atomic mass is 9.75. The molecule has 7 nitrogen and oxygen atoms in total. The molecule has 2 aromatic carbocycles. The molecule has 3 N–H and O–H groups in total. The van der Waals surface area contributed by atoms with Gasteiger partial charge in [0.05, 0.1) is 25.5 Å². The van der Waals surface area contributed by atoms with Gasteiger partial charge in [0.1, 0.15) is 12.1 Å². The standard InChI is InChI=1S/C28H38N2O5/c1-27(2,3)16-17-30-28(4,26(33)34-5)24(21-14-10-7-11-15-21)25(32)22(29)18-23(31)35-19-20-12-8-6-9-13-20/h6-15,22,24,30H,16-19,29H2,1-5H3/t22-,24?,28-/m0/s1. The molecule has 2 rings (SSSR count). The van der Waals surface area contributed by atoms with Crippen LogP contribution in [0.5, 0.6) is 0 Å². The van der Waals surface area contributed by atoms with Crippen molar-refractivity contribution in [2.75, 3.05) is 13.7 Å². The van der Waals surface area contributed by atoms with Crippen molar-refractivity contribution in [3.63, 3.8) is 0 Å². The molecule has 0 aliphatic carbocycles.